The number of nitrogens with one attached hydrogen (secondary N) is 1. The van der Waals surface area contributed by atoms with E-state index >= 15 is 0 Å². The highest BCUT2D eigenvalue weighted by atomic mass is 16.2. The minimum absolute atomic E-state index is 0.0919. The number of hydrogen-bond acceptors (Lipinski definition) is 3. The van der Waals surface area contributed by atoms with E-state index in [4.69, 9.17) is 0 Å². The second-order valence-electron chi connectivity index (χ2n) is 6.92. The first kappa shape index (κ1) is 17.2. The highest BCUT2D eigenvalue weighted by Gasteiger charge is 2.43. The maximum atomic E-state index is 13.0. The summed E-state index contributed by atoms with van der Waals surface area (Å²) in [4.78, 5) is 29.1. The van der Waals surface area contributed by atoms with Crippen LogP contribution in [-0.4, -0.2) is 35.8 Å². The molecular formula is C20H23N3O2. The van der Waals surface area contributed by atoms with Gasteiger partial charge in [0.15, 0.2) is 0 Å². The van der Waals surface area contributed by atoms with Crippen molar-refractivity contribution in [2.75, 3.05) is 23.8 Å². The number of likely N-dealkylation sites (N-methyl/N-ethyl adjacent to an activating group) is 1. The zero-order valence-corrected chi connectivity index (χ0v) is 14.8. The van der Waals surface area contributed by atoms with Gasteiger partial charge in [-0.1, -0.05) is 42.5 Å². The summed E-state index contributed by atoms with van der Waals surface area (Å²) in [5, 5.41) is 2.88. The summed E-state index contributed by atoms with van der Waals surface area (Å²) in [6, 6.07) is 17.4. The Hall–Kier alpha value is -2.66. The van der Waals surface area contributed by atoms with Crippen molar-refractivity contribution in [1.82, 2.24) is 4.90 Å². The fourth-order valence-electron chi connectivity index (χ4n) is 3.15. The van der Waals surface area contributed by atoms with E-state index in [1.165, 1.54) is 0 Å². The van der Waals surface area contributed by atoms with E-state index in [9.17, 15) is 9.59 Å². The van der Waals surface area contributed by atoms with E-state index in [1.54, 1.807) is 18.7 Å². The first-order chi connectivity index (χ1) is 11.9. The van der Waals surface area contributed by atoms with Crippen LogP contribution in [0.25, 0.3) is 0 Å². The molecule has 0 saturated heterocycles. The largest absolute Gasteiger partial charge is 0.322 e. The molecule has 0 atom stereocenters. The zero-order chi connectivity index (χ0) is 18.0. The zero-order valence-electron chi connectivity index (χ0n) is 14.8. The first-order valence-electron chi connectivity index (χ1n) is 8.35. The fraction of sp³-hybridized carbons (Fsp3) is 0.300. The van der Waals surface area contributed by atoms with Gasteiger partial charge in [0.2, 0.25) is 11.8 Å². The standard InChI is InChI=1S/C20H23N3O2/c1-20(2)19(25)21-16-11-7-8-12-17(16)23(20)18(24)14-22(3)13-15-9-5-4-6-10-15/h4-12H,13-14H2,1-3H3,(H,21,25). The SMILES string of the molecule is CN(CC(=O)N1c2ccccc2NC(=O)C1(C)C)Cc1ccccc1. The number of rotatable bonds is 4. The monoisotopic (exact) mass is 337 g/mol. The summed E-state index contributed by atoms with van der Waals surface area (Å²) in [6.45, 7) is 4.45. The molecular weight excluding hydrogens is 314 g/mol. The van der Waals surface area contributed by atoms with Gasteiger partial charge in [0, 0.05) is 6.54 Å². The highest BCUT2D eigenvalue weighted by Crippen LogP contribution is 2.36. The smallest absolute Gasteiger partial charge is 0.250 e. The molecule has 1 heterocycles. The van der Waals surface area contributed by atoms with Gasteiger partial charge >= 0.3 is 0 Å². The lowest BCUT2D eigenvalue weighted by Gasteiger charge is -2.42. The number of carbonyl (C=O) groups is 2. The molecule has 3 rings (SSSR count). The number of benzene rings is 2. The molecule has 0 fully saturated rings. The van der Waals surface area contributed by atoms with Crippen molar-refractivity contribution in [3.05, 3.63) is 60.2 Å². The summed E-state index contributed by atoms with van der Waals surface area (Å²) in [7, 11) is 1.91. The number of amides is 2. The minimum atomic E-state index is -0.932. The van der Waals surface area contributed by atoms with Gasteiger partial charge in [0.05, 0.1) is 17.9 Å². The quantitative estimate of drug-likeness (QED) is 0.933. The van der Waals surface area contributed by atoms with E-state index in [0.29, 0.717) is 12.2 Å². The molecule has 2 amide bonds. The Morgan fingerprint density at radius 2 is 1.72 bits per heavy atom. The molecule has 2 aromatic carbocycles. The predicted molar refractivity (Wildman–Crippen MR) is 99.4 cm³/mol. The summed E-state index contributed by atoms with van der Waals surface area (Å²) >= 11 is 0. The molecule has 5 nitrogen and oxygen atoms in total. The molecule has 25 heavy (non-hydrogen) atoms. The van der Waals surface area contributed by atoms with Crippen molar-refractivity contribution >= 4 is 23.2 Å². The van der Waals surface area contributed by atoms with E-state index in [2.05, 4.69) is 5.32 Å². The summed E-state index contributed by atoms with van der Waals surface area (Å²) < 4.78 is 0. The molecule has 1 N–H and O–H groups in total. The number of fused-ring (bicyclic) bond motifs is 1. The van der Waals surface area contributed by atoms with Gasteiger partial charge < -0.3 is 5.32 Å². The second kappa shape index (κ2) is 6.69. The Kier molecular flexibility index (Phi) is 4.59. The molecule has 0 aliphatic carbocycles. The van der Waals surface area contributed by atoms with Crippen molar-refractivity contribution < 1.29 is 9.59 Å². The molecule has 0 saturated carbocycles. The summed E-state index contributed by atoms with van der Waals surface area (Å²) in [5.74, 6) is -0.268. The average molecular weight is 337 g/mol. The molecule has 0 radical (unpaired) electrons. The maximum Gasteiger partial charge on any atom is 0.250 e. The number of para-hydroxylation sites is 2. The third-order valence-corrected chi connectivity index (χ3v) is 4.46. The van der Waals surface area contributed by atoms with Gasteiger partial charge in [-0.25, -0.2) is 0 Å². The number of anilines is 2. The van der Waals surface area contributed by atoms with Gasteiger partial charge in [-0.2, -0.15) is 0 Å². The molecule has 0 unspecified atom stereocenters. The van der Waals surface area contributed by atoms with E-state index < -0.39 is 5.54 Å². The molecule has 0 bridgehead atoms. The molecule has 130 valence electrons. The van der Waals surface area contributed by atoms with Crippen molar-refractivity contribution in [2.24, 2.45) is 0 Å². The van der Waals surface area contributed by atoms with Gasteiger partial charge in [-0.05, 0) is 38.6 Å². The number of hydrogen-bond donors (Lipinski definition) is 1. The number of carbonyl (C=O) groups excluding carboxylic acids is 2. The lowest BCUT2D eigenvalue weighted by Crippen LogP contribution is -2.60. The first-order valence-corrected chi connectivity index (χ1v) is 8.35. The maximum absolute atomic E-state index is 13.0. The van der Waals surface area contributed by atoms with Crippen LogP contribution in [0.4, 0.5) is 11.4 Å². The van der Waals surface area contributed by atoms with Crippen molar-refractivity contribution in [3.8, 4) is 0 Å². The third-order valence-electron chi connectivity index (χ3n) is 4.46. The van der Waals surface area contributed by atoms with Crippen LogP contribution in [-0.2, 0) is 16.1 Å². The topological polar surface area (TPSA) is 52.7 Å². The van der Waals surface area contributed by atoms with Crippen LogP contribution in [0.3, 0.4) is 0 Å². The second-order valence-corrected chi connectivity index (χ2v) is 6.92. The molecule has 1 aliphatic heterocycles. The Morgan fingerprint density at radius 3 is 2.44 bits per heavy atom. The van der Waals surface area contributed by atoms with Crippen LogP contribution in [0.2, 0.25) is 0 Å². The van der Waals surface area contributed by atoms with Gasteiger partial charge in [-0.15, -0.1) is 0 Å². The fourth-order valence-corrected chi connectivity index (χ4v) is 3.15. The van der Waals surface area contributed by atoms with Crippen LogP contribution in [0.1, 0.15) is 19.4 Å². The minimum Gasteiger partial charge on any atom is -0.322 e. The number of nitrogens with zero attached hydrogens (tertiary/aromatic N) is 2. The predicted octanol–water partition coefficient (Wildman–Crippen LogP) is 2.88. The van der Waals surface area contributed by atoms with Gasteiger partial charge in [0.1, 0.15) is 5.54 Å². The van der Waals surface area contributed by atoms with Crippen molar-refractivity contribution in [2.45, 2.75) is 25.9 Å². The molecule has 1 aliphatic rings. The lowest BCUT2D eigenvalue weighted by molar-refractivity contribution is -0.127. The summed E-state index contributed by atoms with van der Waals surface area (Å²) in [5.41, 5.74) is 1.63. The Bertz CT molecular complexity index is 787. The van der Waals surface area contributed by atoms with Crippen LogP contribution in [0, 0.1) is 0 Å². The van der Waals surface area contributed by atoms with Crippen molar-refractivity contribution in [1.29, 1.82) is 0 Å². The molecule has 2 aromatic rings. The van der Waals surface area contributed by atoms with E-state index in [0.717, 1.165) is 11.3 Å². The lowest BCUT2D eigenvalue weighted by atomic mass is 9.96. The molecule has 5 heteroatoms. The Balaban J connectivity index is 1.81. The normalized spacial score (nSPS) is 15.7. The van der Waals surface area contributed by atoms with Gasteiger partial charge in [0.25, 0.3) is 0 Å². The van der Waals surface area contributed by atoms with E-state index in [1.807, 2.05) is 66.5 Å². The van der Waals surface area contributed by atoms with Gasteiger partial charge in [-0.3, -0.25) is 19.4 Å². The van der Waals surface area contributed by atoms with E-state index in [-0.39, 0.29) is 18.4 Å². The molecule has 0 aromatic heterocycles. The van der Waals surface area contributed by atoms with Crippen LogP contribution < -0.4 is 10.2 Å². The third kappa shape index (κ3) is 3.42. The van der Waals surface area contributed by atoms with Crippen LogP contribution >= 0.6 is 0 Å². The molecule has 0 spiro atoms. The van der Waals surface area contributed by atoms with Crippen LogP contribution in [0.5, 0.6) is 0 Å². The summed E-state index contributed by atoms with van der Waals surface area (Å²) in [6.07, 6.45) is 0. The highest BCUT2D eigenvalue weighted by molar-refractivity contribution is 6.14. The Morgan fingerprint density at radius 1 is 1.08 bits per heavy atom. The van der Waals surface area contributed by atoms with Crippen molar-refractivity contribution in [3.63, 3.8) is 0 Å². The Labute approximate surface area is 148 Å². The van der Waals surface area contributed by atoms with Crippen LogP contribution in [0.15, 0.2) is 54.6 Å². The average Bonchev–Trinajstić information content (AvgIpc) is 2.56.